The summed E-state index contributed by atoms with van der Waals surface area (Å²) in [6, 6.07) is 0. The van der Waals surface area contributed by atoms with Gasteiger partial charge in [-0.1, -0.05) is 11.8 Å². The first kappa shape index (κ1) is 13.0. The summed E-state index contributed by atoms with van der Waals surface area (Å²) < 4.78 is 0. The fourth-order valence-corrected chi connectivity index (χ4v) is 2.46. The number of thioether (sulfide) groups is 1. The van der Waals surface area contributed by atoms with Crippen LogP contribution in [-0.4, -0.2) is 59.2 Å². The van der Waals surface area contributed by atoms with Crippen molar-refractivity contribution in [1.82, 2.24) is 9.80 Å². The predicted molar refractivity (Wildman–Crippen MR) is 62.0 cm³/mol. The topological polar surface area (TPSA) is 57.7 Å². The van der Waals surface area contributed by atoms with E-state index in [1.54, 1.807) is 14.1 Å². The van der Waals surface area contributed by atoms with E-state index in [9.17, 15) is 14.4 Å². The molecular formula is C10H16N2O3S. The number of amides is 2. The van der Waals surface area contributed by atoms with E-state index in [1.165, 1.54) is 28.5 Å². The zero-order valence-corrected chi connectivity index (χ0v) is 10.5. The van der Waals surface area contributed by atoms with Gasteiger partial charge in [0.25, 0.3) is 0 Å². The van der Waals surface area contributed by atoms with Crippen LogP contribution in [0.15, 0.2) is 0 Å². The van der Waals surface area contributed by atoms with E-state index in [4.69, 9.17) is 0 Å². The molecule has 0 N–H and O–H groups in total. The number of nitrogens with zero attached hydrogens (tertiary/aromatic N) is 2. The summed E-state index contributed by atoms with van der Waals surface area (Å²) in [7, 11) is 3.31. The number of hydrogen-bond donors (Lipinski definition) is 0. The van der Waals surface area contributed by atoms with Crippen molar-refractivity contribution in [1.29, 1.82) is 0 Å². The molecule has 16 heavy (non-hydrogen) atoms. The van der Waals surface area contributed by atoms with E-state index in [1.807, 2.05) is 0 Å². The molecule has 0 aromatic rings. The van der Waals surface area contributed by atoms with Crippen LogP contribution in [0.1, 0.15) is 13.3 Å². The summed E-state index contributed by atoms with van der Waals surface area (Å²) in [6.45, 7) is 2.09. The molecule has 5 nitrogen and oxygen atoms in total. The second-order valence-corrected chi connectivity index (χ2v) is 5.48. The lowest BCUT2D eigenvalue weighted by atomic mass is 10.4. The number of carbonyl (C=O) groups is 3. The van der Waals surface area contributed by atoms with Crippen LogP contribution < -0.4 is 0 Å². The van der Waals surface area contributed by atoms with Gasteiger partial charge >= 0.3 is 0 Å². The Kier molecular flexibility index (Phi) is 4.35. The lowest BCUT2D eigenvalue weighted by molar-refractivity contribution is -0.136. The minimum Gasteiger partial charge on any atom is -0.347 e. The average Bonchev–Trinajstić information content (AvgIpc) is 2.45. The molecule has 0 spiro atoms. The van der Waals surface area contributed by atoms with Crippen LogP contribution in [0.4, 0.5) is 0 Å². The van der Waals surface area contributed by atoms with Crippen molar-refractivity contribution in [2.75, 3.05) is 27.2 Å². The van der Waals surface area contributed by atoms with Gasteiger partial charge in [0.05, 0.1) is 6.54 Å². The van der Waals surface area contributed by atoms with E-state index in [0.29, 0.717) is 13.0 Å². The molecule has 0 saturated carbocycles. The highest BCUT2D eigenvalue weighted by molar-refractivity contribution is 8.14. The Balaban J connectivity index is 2.48. The standard InChI is InChI=1S/C10H16N2O3S/c1-7(13)16-8-4-9(14)12(5-8)6-10(15)11(2)3/h8H,4-6H2,1-3H3. The third-order valence-corrected chi connectivity index (χ3v) is 3.32. The Hall–Kier alpha value is -1.04. The molecule has 1 aliphatic heterocycles. The third-order valence-electron chi connectivity index (χ3n) is 2.34. The van der Waals surface area contributed by atoms with Gasteiger partial charge in [0, 0.05) is 39.2 Å². The van der Waals surface area contributed by atoms with Crippen molar-refractivity contribution in [2.45, 2.75) is 18.6 Å². The summed E-state index contributed by atoms with van der Waals surface area (Å²) >= 11 is 1.18. The number of likely N-dealkylation sites (tertiary alicyclic amines) is 1. The number of hydrogen-bond acceptors (Lipinski definition) is 4. The Morgan fingerprint density at radius 2 is 2.12 bits per heavy atom. The van der Waals surface area contributed by atoms with Crippen LogP contribution in [0, 0.1) is 0 Å². The van der Waals surface area contributed by atoms with Gasteiger partial charge < -0.3 is 9.80 Å². The lowest BCUT2D eigenvalue weighted by Gasteiger charge is -2.18. The molecule has 0 aromatic carbocycles. The molecule has 1 heterocycles. The first-order chi connectivity index (χ1) is 7.40. The van der Waals surface area contributed by atoms with Crippen LogP contribution >= 0.6 is 11.8 Å². The second-order valence-electron chi connectivity index (χ2n) is 4.00. The lowest BCUT2D eigenvalue weighted by Crippen LogP contribution is -2.37. The van der Waals surface area contributed by atoms with Crippen molar-refractivity contribution in [2.24, 2.45) is 0 Å². The van der Waals surface area contributed by atoms with E-state index < -0.39 is 0 Å². The SMILES string of the molecule is CC(=O)SC1CC(=O)N(CC(=O)N(C)C)C1. The summed E-state index contributed by atoms with van der Waals surface area (Å²) in [6.07, 6.45) is 0.352. The highest BCUT2D eigenvalue weighted by Gasteiger charge is 2.32. The largest absolute Gasteiger partial charge is 0.347 e. The smallest absolute Gasteiger partial charge is 0.241 e. The van der Waals surface area contributed by atoms with E-state index in [-0.39, 0.29) is 28.7 Å². The molecule has 1 atom stereocenters. The van der Waals surface area contributed by atoms with Gasteiger partial charge in [0.1, 0.15) is 0 Å². The Morgan fingerprint density at radius 1 is 1.50 bits per heavy atom. The molecule has 0 aromatic heterocycles. The Morgan fingerprint density at radius 3 is 2.62 bits per heavy atom. The summed E-state index contributed by atoms with van der Waals surface area (Å²) in [5.74, 6) is -0.143. The molecule has 1 fully saturated rings. The normalized spacial score (nSPS) is 20.1. The molecule has 1 saturated heterocycles. The Labute approximate surface area is 99.1 Å². The maximum atomic E-state index is 11.6. The first-order valence-corrected chi connectivity index (χ1v) is 5.93. The maximum absolute atomic E-state index is 11.6. The number of likely N-dealkylation sites (N-methyl/N-ethyl adjacent to an activating group) is 1. The molecule has 1 rings (SSSR count). The van der Waals surface area contributed by atoms with Gasteiger partial charge in [-0.05, 0) is 0 Å². The van der Waals surface area contributed by atoms with E-state index >= 15 is 0 Å². The monoisotopic (exact) mass is 244 g/mol. The summed E-state index contributed by atoms with van der Waals surface area (Å²) in [5, 5.41) is 0.0125. The van der Waals surface area contributed by atoms with E-state index in [2.05, 4.69) is 0 Å². The highest BCUT2D eigenvalue weighted by atomic mass is 32.2. The first-order valence-electron chi connectivity index (χ1n) is 5.05. The van der Waals surface area contributed by atoms with Gasteiger partial charge in [-0.2, -0.15) is 0 Å². The van der Waals surface area contributed by atoms with Crippen LogP contribution in [0.25, 0.3) is 0 Å². The molecular weight excluding hydrogens is 228 g/mol. The van der Waals surface area contributed by atoms with Crippen LogP contribution in [-0.2, 0) is 14.4 Å². The van der Waals surface area contributed by atoms with Gasteiger partial charge in [0.15, 0.2) is 5.12 Å². The summed E-state index contributed by atoms with van der Waals surface area (Å²) in [5.41, 5.74) is 0. The number of rotatable bonds is 3. The molecule has 0 bridgehead atoms. The van der Waals surface area contributed by atoms with Crippen molar-refractivity contribution < 1.29 is 14.4 Å². The third kappa shape index (κ3) is 3.52. The maximum Gasteiger partial charge on any atom is 0.241 e. The number of carbonyl (C=O) groups excluding carboxylic acids is 3. The van der Waals surface area contributed by atoms with Gasteiger partial charge in [-0.3, -0.25) is 14.4 Å². The molecule has 2 amide bonds. The average molecular weight is 244 g/mol. The van der Waals surface area contributed by atoms with Crippen LogP contribution in [0.5, 0.6) is 0 Å². The second kappa shape index (κ2) is 5.34. The molecule has 0 aliphatic carbocycles. The van der Waals surface area contributed by atoms with Crippen molar-refractivity contribution >= 4 is 28.7 Å². The van der Waals surface area contributed by atoms with Gasteiger partial charge in [-0.25, -0.2) is 0 Å². The van der Waals surface area contributed by atoms with Crippen LogP contribution in [0.2, 0.25) is 0 Å². The Bertz CT molecular complexity index is 317. The van der Waals surface area contributed by atoms with Crippen molar-refractivity contribution in [3.63, 3.8) is 0 Å². The zero-order chi connectivity index (χ0) is 12.3. The van der Waals surface area contributed by atoms with Crippen LogP contribution in [0.3, 0.4) is 0 Å². The fourth-order valence-electron chi connectivity index (χ4n) is 1.51. The molecule has 0 radical (unpaired) electrons. The molecule has 1 unspecified atom stereocenters. The van der Waals surface area contributed by atoms with Crippen molar-refractivity contribution in [3.05, 3.63) is 0 Å². The zero-order valence-electron chi connectivity index (χ0n) is 9.73. The quantitative estimate of drug-likeness (QED) is 0.699. The molecule has 1 aliphatic rings. The summed E-state index contributed by atoms with van der Waals surface area (Å²) in [4.78, 5) is 36.9. The van der Waals surface area contributed by atoms with Gasteiger partial charge in [0.2, 0.25) is 11.8 Å². The highest BCUT2D eigenvalue weighted by Crippen LogP contribution is 2.23. The minimum atomic E-state index is -0.0955. The van der Waals surface area contributed by atoms with Gasteiger partial charge in [-0.15, -0.1) is 0 Å². The molecule has 6 heteroatoms. The fraction of sp³-hybridized carbons (Fsp3) is 0.700. The van der Waals surface area contributed by atoms with Crippen molar-refractivity contribution in [3.8, 4) is 0 Å². The predicted octanol–water partition coefficient (Wildman–Crippen LogP) is -0.0448. The van der Waals surface area contributed by atoms with E-state index in [0.717, 1.165) is 0 Å². The minimum absolute atomic E-state index is 0.0000350. The molecule has 90 valence electrons.